The maximum atomic E-state index is 13.0. The van der Waals surface area contributed by atoms with Crippen molar-refractivity contribution in [3.8, 4) is 34.1 Å². The summed E-state index contributed by atoms with van der Waals surface area (Å²) in [5.41, 5.74) is 2.62. The van der Waals surface area contributed by atoms with E-state index in [2.05, 4.69) is 0 Å². The summed E-state index contributed by atoms with van der Waals surface area (Å²) in [6.45, 7) is 1.79. The average Bonchev–Trinajstić information content (AvgIpc) is 2.87. The molecule has 0 fully saturated rings. The van der Waals surface area contributed by atoms with Gasteiger partial charge in [0.25, 0.3) is 10.1 Å². The van der Waals surface area contributed by atoms with Crippen LogP contribution in [0.25, 0.3) is 17.2 Å². The summed E-state index contributed by atoms with van der Waals surface area (Å²) in [7, 11) is -0.0822. The van der Waals surface area contributed by atoms with E-state index in [1.165, 1.54) is 39.9 Å². The largest absolute Gasteiger partial charge is 0.496 e. The molecule has 3 aromatic carbocycles. The predicted molar refractivity (Wildman–Crippen MR) is 140 cm³/mol. The normalized spacial score (nSPS) is 12.4. The van der Waals surface area contributed by atoms with Crippen molar-refractivity contribution in [3.05, 3.63) is 70.6 Å². The smallest absolute Gasteiger partial charge is 0.295 e. The molecule has 0 aromatic heterocycles. The molecule has 1 unspecified atom stereocenters. The van der Waals surface area contributed by atoms with E-state index in [4.69, 9.17) is 18.9 Å². The van der Waals surface area contributed by atoms with Gasteiger partial charge in [0.2, 0.25) is 0 Å². The molecule has 36 heavy (non-hydrogen) atoms. The molecule has 0 bridgehead atoms. The zero-order valence-corrected chi connectivity index (χ0v) is 22.2. The zero-order chi connectivity index (χ0) is 26.5. The van der Waals surface area contributed by atoms with Crippen molar-refractivity contribution in [3.63, 3.8) is 0 Å². The molecule has 192 valence electrons. The van der Waals surface area contributed by atoms with Gasteiger partial charge in [0.15, 0.2) is 0 Å². The molecule has 1 N–H and O–H groups in total. The molecule has 0 heterocycles. The minimum absolute atomic E-state index is 0.0256. The maximum Gasteiger partial charge on any atom is 0.295 e. The van der Waals surface area contributed by atoms with E-state index in [-0.39, 0.29) is 10.6 Å². The monoisotopic (exact) mass is 532 g/mol. The van der Waals surface area contributed by atoms with Gasteiger partial charge in [-0.3, -0.25) is 8.76 Å². The fourth-order valence-corrected chi connectivity index (χ4v) is 5.46. The molecule has 0 radical (unpaired) electrons. The number of methoxy groups -OCH3 is 4. The first kappa shape index (κ1) is 27.3. The molecular formula is C26H28O8S2. The molecule has 0 saturated heterocycles. The number of hydrogen-bond donors (Lipinski definition) is 1. The fourth-order valence-electron chi connectivity index (χ4n) is 3.72. The molecule has 0 aliphatic carbocycles. The highest BCUT2D eigenvalue weighted by Gasteiger charge is 2.21. The van der Waals surface area contributed by atoms with Crippen LogP contribution in [0.5, 0.6) is 23.0 Å². The third-order valence-electron chi connectivity index (χ3n) is 5.55. The minimum Gasteiger partial charge on any atom is -0.496 e. The topological polar surface area (TPSA) is 108 Å². The lowest BCUT2D eigenvalue weighted by Crippen LogP contribution is -2.05. The minimum atomic E-state index is -4.58. The summed E-state index contributed by atoms with van der Waals surface area (Å²) in [5.74, 6) is 1.99. The van der Waals surface area contributed by atoms with Crippen LogP contribution >= 0.6 is 0 Å². The number of ether oxygens (including phenoxy) is 4. The van der Waals surface area contributed by atoms with Gasteiger partial charge in [0, 0.05) is 28.7 Å². The Bertz CT molecular complexity index is 1390. The maximum absolute atomic E-state index is 13.0. The summed E-state index contributed by atoms with van der Waals surface area (Å²) in [6, 6.07) is 13.3. The third kappa shape index (κ3) is 6.07. The van der Waals surface area contributed by atoms with Crippen LogP contribution in [0.1, 0.15) is 16.7 Å². The summed E-state index contributed by atoms with van der Waals surface area (Å²) >= 11 is 0. The van der Waals surface area contributed by atoms with Gasteiger partial charge in [-0.1, -0.05) is 18.2 Å². The van der Waals surface area contributed by atoms with E-state index in [0.717, 1.165) is 0 Å². The number of para-hydroxylation sites is 1. The van der Waals surface area contributed by atoms with Gasteiger partial charge >= 0.3 is 0 Å². The Morgan fingerprint density at radius 1 is 0.861 bits per heavy atom. The first-order valence-corrected chi connectivity index (χ1v) is 13.5. The van der Waals surface area contributed by atoms with Crippen LogP contribution in [-0.2, 0) is 26.7 Å². The number of aryl methyl sites for hydroxylation is 1. The summed E-state index contributed by atoms with van der Waals surface area (Å²) in [5, 5.41) is 1.48. The van der Waals surface area contributed by atoms with Crippen LogP contribution < -0.4 is 18.9 Å². The molecule has 3 aromatic rings. The molecule has 0 amide bonds. The van der Waals surface area contributed by atoms with Gasteiger partial charge in [-0.05, 0) is 42.3 Å². The van der Waals surface area contributed by atoms with Crippen LogP contribution in [0.2, 0.25) is 0 Å². The molecule has 0 saturated carbocycles. The first-order chi connectivity index (χ1) is 17.1. The van der Waals surface area contributed by atoms with Gasteiger partial charge in [0.05, 0.1) is 50.6 Å². The molecular weight excluding hydrogens is 504 g/mol. The Kier molecular flexibility index (Phi) is 8.78. The predicted octanol–water partition coefficient (Wildman–Crippen LogP) is 4.86. The summed E-state index contributed by atoms with van der Waals surface area (Å²) in [6.07, 6.45) is 1.62. The summed E-state index contributed by atoms with van der Waals surface area (Å²) < 4.78 is 68.9. The van der Waals surface area contributed by atoms with E-state index >= 15 is 0 Å². The highest BCUT2D eigenvalue weighted by Crippen LogP contribution is 2.37. The van der Waals surface area contributed by atoms with Crippen molar-refractivity contribution in [2.24, 2.45) is 0 Å². The number of hydrogen-bond acceptors (Lipinski definition) is 7. The van der Waals surface area contributed by atoms with Crippen LogP contribution in [0.15, 0.2) is 58.8 Å². The molecule has 0 spiro atoms. The van der Waals surface area contributed by atoms with E-state index < -0.39 is 20.9 Å². The Balaban J connectivity index is 1.99. The SMILES string of the molecule is COc1cc(OC)c(/C=C/S(=O)Cc2cc(S(=O)(=O)O)c(-c3ccccc3OC)cc2C)c(OC)c1. The van der Waals surface area contributed by atoms with Gasteiger partial charge in [-0.25, -0.2) is 0 Å². The Morgan fingerprint density at radius 2 is 1.47 bits per heavy atom. The lowest BCUT2D eigenvalue weighted by atomic mass is 9.99. The molecule has 3 rings (SSSR count). The van der Waals surface area contributed by atoms with Crippen molar-refractivity contribution < 1.29 is 36.1 Å². The van der Waals surface area contributed by atoms with Crippen LogP contribution in [0.3, 0.4) is 0 Å². The number of rotatable bonds is 10. The standard InChI is InChI=1S/C26H28O8S2/c1-17-12-22(20-8-6-7-9-23(20)32-3)26(36(28,29)30)13-18(17)16-35(27)11-10-21-24(33-4)14-19(31-2)15-25(21)34-5/h6-15H,16H2,1-5H3,(H,28,29,30)/b11-10+. The van der Waals surface area contributed by atoms with Crippen molar-refractivity contribution >= 4 is 27.0 Å². The molecule has 0 aliphatic heterocycles. The fraction of sp³-hybridized carbons (Fsp3) is 0.231. The second-order valence-corrected chi connectivity index (χ2v) is 10.4. The van der Waals surface area contributed by atoms with Gasteiger partial charge < -0.3 is 18.9 Å². The van der Waals surface area contributed by atoms with Crippen molar-refractivity contribution in [2.45, 2.75) is 17.6 Å². The van der Waals surface area contributed by atoms with E-state index in [1.807, 2.05) is 0 Å². The highest BCUT2D eigenvalue weighted by atomic mass is 32.2. The van der Waals surface area contributed by atoms with Crippen molar-refractivity contribution in [1.82, 2.24) is 0 Å². The molecule has 0 aliphatic rings. The van der Waals surface area contributed by atoms with Crippen molar-refractivity contribution in [2.75, 3.05) is 28.4 Å². The van der Waals surface area contributed by atoms with E-state index in [0.29, 0.717) is 50.8 Å². The lowest BCUT2D eigenvalue weighted by Gasteiger charge is -2.15. The summed E-state index contributed by atoms with van der Waals surface area (Å²) in [4.78, 5) is -0.285. The van der Waals surface area contributed by atoms with Crippen LogP contribution in [0, 0.1) is 6.92 Å². The Labute approximate surface area is 213 Å². The second kappa shape index (κ2) is 11.6. The van der Waals surface area contributed by atoms with Crippen LogP contribution in [-0.4, -0.2) is 45.6 Å². The third-order valence-corrected chi connectivity index (χ3v) is 7.48. The van der Waals surface area contributed by atoms with Crippen LogP contribution in [0.4, 0.5) is 0 Å². The van der Waals surface area contributed by atoms with Crippen molar-refractivity contribution in [1.29, 1.82) is 0 Å². The second-order valence-electron chi connectivity index (χ2n) is 7.72. The quantitative estimate of drug-likeness (QED) is 0.369. The molecule has 8 nitrogen and oxygen atoms in total. The molecule has 10 heteroatoms. The van der Waals surface area contributed by atoms with Gasteiger partial charge in [-0.2, -0.15) is 8.42 Å². The Morgan fingerprint density at radius 3 is 2.03 bits per heavy atom. The first-order valence-electron chi connectivity index (χ1n) is 10.7. The highest BCUT2D eigenvalue weighted by molar-refractivity contribution is 7.87. The van der Waals surface area contributed by atoms with Gasteiger partial charge in [-0.15, -0.1) is 0 Å². The molecule has 1 atom stereocenters. The van der Waals surface area contributed by atoms with Gasteiger partial charge in [0.1, 0.15) is 27.9 Å². The van der Waals surface area contributed by atoms with E-state index in [1.54, 1.807) is 55.5 Å². The van der Waals surface area contributed by atoms with E-state index in [9.17, 15) is 17.2 Å². The Hall–Kier alpha value is -3.34. The average molecular weight is 533 g/mol. The number of benzene rings is 3. The lowest BCUT2D eigenvalue weighted by molar-refractivity contribution is 0.374. The zero-order valence-electron chi connectivity index (χ0n) is 20.6.